The summed E-state index contributed by atoms with van der Waals surface area (Å²) in [5, 5.41) is 0. The van der Waals surface area contributed by atoms with Gasteiger partial charge in [0.15, 0.2) is 6.61 Å². The fraction of sp³-hybridized carbons (Fsp3) is 0.273. The van der Waals surface area contributed by atoms with E-state index in [1.165, 1.54) is 7.11 Å². The van der Waals surface area contributed by atoms with Gasteiger partial charge in [0.05, 0.1) is 12.8 Å². The molecule has 0 heterocycles. The zero-order chi connectivity index (χ0) is 13.6. The predicted molar refractivity (Wildman–Crippen MR) is 58.2 cm³/mol. The van der Waals surface area contributed by atoms with E-state index in [-0.39, 0.29) is 0 Å². The quantitative estimate of drug-likeness (QED) is 0.618. The summed E-state index contributed by atoms with van der Waals surface area (Å²) < 4.78 is 44.0. The number of nitrogens with zero attached hydrogens (tertiary/aromatic N) is 1. The summed E-state index contributed by atoms with van der Waals surface area (Å²) in [6.07, 6.45) is -3.85. The van der Waals surface area contributed by atoms with E-state index in [4.69, 9.17) is 4.74 Å². The van der Waals surface area contributed by atoms with E-state index in [1.54, 1.807) is 24.3 Å². The second kappa shape index (κ2) is 6.04. The summed E-state index contributed by atoms with van der Waals surface area (Å²) in [6, 6.07) is 6.31. The monoisotopic (exact) mass is 261 g/mol. The van der Waals surface area contributed by atoms with E-state index < -0.39 is 18.8 Å². The van der Waals surface area contributed by atoms with Crippen LogP contribution in [-0.2, 0) is 9.53 Å². The minimum atomic E-state index is -4.54. The standard InChI is InChI=1S/C11H10F3NO3/c1-17-9-4-2-8(3-5-9)15-6-10(16)18-7-11(12,13)14/h2-6H,7H2,1H3. The van der Waals surface area contributed by atoms with Gasteiger partial charge in [-0.2, -0.15) is 13.2 Å². The third-order valence-electron chi connectivity index (χ3n) is 1.77. The molecule has 0 radical (unpaired) electrons. The molecule has 0 saturated heterocycles. The zero-order valence-electron chi connectivity index (χ0n) is 9.40. The lowest BCUT2D eigenvalue weighted by Crippen LogP contribution is -2.20. The van der Waals surface area contributed by atoms with Crippen LogP contribution in [0.25, 0.3) is 0 Å². The normalized spacial score (nSPS) is 11.6. The minimum absolute atomic E-state index is 0.403. The Morgan fingerprint density at radius 2 is 1.94 bits per heavy atom. The Morgan fingerprint density at radius 1 is 1.33 bits per heavy atom. The molecule has 18 heavy (non-hydrogen) atoms. The van der Waals surface area contributed by atoms with E-state index >= 15 is 0 Å². The Morgan fingerprint density at radius 3 is 2.44 bits per heavy atom. The van der Waals surface area contributed by atoms with Gasteiger partial charge in [-0.25, -0.2) is 9.79 Å². The van der Waals surface area contributed by atoms with E-state index in [0.717, 1.165) is 0 Å². The van der Waals surface area contributed by atoms with E-state index in [0.29, 0.717) is 17.7 Å². The third kappa shape index (κ3) is 5.33. The second-order valence-corrected chi connectivity index (χ2v) is 3.18. The van der Waals surface area contributed by atoms with Crippen LogP contribution in [0.3, 0.4) is 0 Å². The molecule has 98 valence electrons. The number of hydrogen-bond acceptors (Lipinski definition) is 4. The molecule has 0 aliphatic carbocycles. The van der Waals surface area contributed by atoms with Crippen LogP contribution in [0.4, 0.5) is 18.9 Å². The number of esters is 1. The summed E-state index contributed by atoms with van der Waals surface area (Å²) in [4.78, 5) is 14.5. The summed E-state index contributed by atoms with van der Waals surface area (Å²) in [6.45, 7) is -1.62. The molecule has 0 saturated carbocycles. The van der Waals surface area contributed by atoms with Gasteiger partial charge in [-0.1, -0.05) is 0 Å². The molecule has 0 atom stereocenters. The van der Waals surface area contributed by atoms with Crippen LogP contribution in [-0.4, -0.2) is 32.1 Å². The molecule has 0 amide bonds. The Kier molecular flexibility index (Phi) is 4.70. The van der Waals surface area contributed by atoms with Crippen molar-refractivity contribution in [2.45, 2.75) is 6.18 Å². The zero-order valence-corrected chi connectivity index (χ0v) is 9.40. The predicted octanol–water partition coefficient (Wildman–Crippen LogP) is 2.50. The molecule has 0 N–H and O–H groups in total. The van der Waals surface area contributed by atoms with Gasteiger partial charge in [0, 0.05) is 0 Å². The van der Waals surface area contributed by atoms with Gasteiger partial charge < -0.3 is 9.47 Å². The molecule has 0 spiro atoms. The van der Waals surface area contributed by atoms with Crippen LogP contribution in [0.5, 0.6) is 5.75 Å². The average Bonchev–Trinajstić information content (AvgIpc) is 2.33. The SMILES string of the molecule is COc1ccc(N=CC(=O)OCC(F)(F)F)cc1. The molecule has 0 aliphatic heterocycles. The van der Waals surface area contributed by atoms with Gasteiger partial charge in [0.25, 0.3) is 0 Å². The molecular weight excluding hydrogens is 251 g/mol. The largest absolute Gasteiger partial charge is 0.497 e. The topological polar surface area (TPSA) is 47.9 Å². The Bertz CT molecular complexity index is 426. The Hall–Kier alpha value is -2.05. The molecule has 7 heteroatoms. The lowest BCUT2D eigenvalue weighted by molar-refractivity contribution is -0.181. The Labute approximate surface area is 101 Å². The van der Waals surface area contributed by atoms with Crippen LogP contribution >= 0.6 is 0 Å². The van der Waals surface area contributed by atoms with E-state index in [2.05, 4.69) is 9.73 Å². The van der Waals surface area contributed by atoms with Crippen molar-refractivity contribution in [1.82, 2.24) is 0 Å². The number of alkyl halides is 3. The molecular formula is C11H10F3NO3. The summed E-state index contributed by atoms with van der Waals surface area (Å²) >= 11 is 0. The van der Waals surface area contributed by atoms with E-state index in [1.807, 2.05) is 0 Å². The highest BCUT2D eigenvalue weighted by Crippen LogP contribution is 2.17. The molecule has 1 aromatic carbocycles. The van der Waals surface area contributed by atoms with Gasteiger partial charge in [0.2, 0.25) is 0 Å². The highest BCUT2D eigenvalue weighted by atomic mass is 19.4. The van der Waals surface area contributed by atoms with Crippen molar-refractivity contribution in [2.75, 3.05) is 13.7 Å². The van der Waals surface area contributed by atoms with Crippen molar-refractivity contribution in [1.29, 1.82) is 0 Å². The number of benzene rings is 1. The maximum Gasteiger partial charge on any atom is 0.422 e. The van der Waals surface area contributed by atoms with Crippen molar-refractivity contribution in [2.24, 2.45) is 4.99 Å². The van der Waals surface area contributed by atoms with Crippen LogP contribution in [0, 0.1) is 0 Å². The van der Waals surface area contributed by atoms with Crippen molar-refractivity contribution >= 4 is 17.9 Å². The summed E-state index contributed by atoms with van der Waals surface area (Å²) in [7, 11) is 1.49. The number of hydrogen-bond donors (Lipinski definition) is 0. The van der Waals surface area contributed by atoms with Crippen molar-refractivity contribution in [3.8, 4) is 5.75 Å². The van der Waals surface area contributed by atoms with Gasteiger partial charge in [0.1, 0.15) is 12.0 Å². The fourth-order valence-corrected chi connectivity index (χ4v) is 0.986. The first-order valence-corrected chi connectivity index (χ1v) is 4.82. The molecule has 0 aliphatic rings. The molecule has 4 nitrogen and oxygen atoms in total. The van der Waals surface area contributed by atoms with Crippen molar-refractivity contribution in [3.05, 3.63) is 24.3 Å². The molecule has 0 bridgehead atoms. The van der Waals surface area contributed by atoms with Crippen LogP contribution < -0.4 is 4.74 Å². The number of carbonyl (C=O) groups is 1. The van der Waals surface area contributed by atoms with Crippen LogP contribution in [0.15, 0.2) is 29.3 Å². The highest BCUT2D eigenvalue weighted by Gasteiger charge is 2.29. The fourth-order valence-electron chi connectivity index (χ4n) is 0.986. The maximum atomic E-state index is 11.7. The van der Waals surface area contributed by atoms with Crippen molar-refractivity contribution < 1.29 is 27.4 Å². The van der Waals surface area contributed by atoms with Gasteiger partial charge in [-0.15, -0.1) is 0 Å². The molecule has 1 aromatic rings. The van der Waals surface area contributed by atoms with Gasteiger partial charge >= 0.3 is 12.1 Å². The lowest BCUT2D eigenvalue weighted by Gasteiger charge is -2.04. The van der Waals surface area contributed by atoms with Gasteiger partial charge in [-0.05, 0) is 24.3 Å². The number of methoxy groups -OCH3 is 1. The van der Waals surface area contributed by atoms with Crippen LogP contribution in [0.1, 0.15) is 0 Å². The molecule has 0 fully saturated rings. The molecule has 0 aromatic heterocycles. The lowest BCUT2D eigenvalue weighted by atomic mass is 10.3. The molecule has 0 unspecified atom stereocenters. The number of rotatable bonds is 4. The Balaban J connectivity index is 2.50. The summed E-state index contributed by atoms with van der Waals surface area (Å²) in [5.74, 6) is -0.545. The highest BCUT2D eigenvalue weighted by molar-refractivity contribution is 6.23. The number of aliphatic imine (C=N–C) groups is 1. The number of carbonyl (C=O) groups excluding carboxylic acids is 1. The number of ether oxygens (including phenoxy) is 2. The number of halogens is 3. The first-order chi connectivity index (χ1) is 8.40. The third-order valence-corrected chi connectivity index (χ3v) is 1.77. The first kappa shape index (κ1) is 14.0. The van der Waals surface area contributed by atoms with Gasteiger partial charge in [-0.3, -0.25) is 0 Å². The van der Waals surface area contributed by atoms with Crippen LogP contribution in [0.2, 0.25) is 0 Å². The minimum Gasteiger partial charge on any atom is -0.497 e. The first-order valence-electron chi connectivity index (χ1n) is 4.82. The average molecular weight is 261 g/mol. The molecule has 1 rings (SSSR count). The second-order valence-electron chi connectivity index (χ2n) is 3.18. The maximum absolute atomic E-state index is 11.7. The van der Waals surface area contributed by atoms with Crippen molar-refractivity contribution in [3.63, 3.8) is 0 Å². The summed E-state index contributed by atoms with van der Waals surface area (Å²) in [5.41, 5.74) is 0.403. The van der Waals surface area contributed by atoms with E-state index in [9.17, 15) is 18.0 Å². The smallest absolute Gasteiger partial charge is 0.422 e.